The summed E-state index contributed by atoms with van der Waals surface area (Å²) in [7, 11) is 5.69. The first-order valence-electron chi connectivity index (χ1n) is 7.11. The van der Waals surface area contributed by atoms with Crippen LogP contribution in [0.1, 0.15) is 0 Å². The highest BCUT2D eigenvalue weighted by atomic mass is 16.5. The number of nitrogens with zero attached hydrogens (tertiary/aromatic N) is 3. The average molecular weight is 290 g/mol. The highest BCUT2D eigenvalue weighted by Crippen LogP contribution is 2.29. The van der Waals surface area contributed by atoms with Crippen LogP contribution in [0.4, 0.5) is 0 Å². The van der Waals surface area contributed by atoms with Gasteiger partial charge in [-0.25, -0.2) is 0 Å². The molecule has 0 radical (unpaired) electrons. The van der Waals surface area contributed by atoms with E-state index < -0.39 is 0 Å². The molecule has 4 aromatic rings. The number of pyridine rings is 1. The van der Waals surface area contributed by atoms with Gasteiger partial charge in [0, 0.05) is 35.1 Å². The van der Waals surface area contributed by atoms with E-state index in [0.29, 0.717) is 0 Å². The predicted molar refractivity (Wildman–Crippen MR) is 90.5 cm³/mol. The van der Waals surface area contributed by atoms with Crippen molar-refractivity contribution < 1.29 is 4.74 Å². The summed E-state index contributed by atoms with van der Waals surface area (Å²) in [5.41, 5.74) is 5.19. The van der Waals surface area contributed by atoms with Crippen LogP contribution in [0.15, 0.2) is 36.8 Å². The summed E-state index contributed by atoms with van der Waals surface area (Å²) >= 11 is 0. The van der Waals surface area contributed by atoms with E-state index in [-0.39, 0.29) is 0 Å². The van der Waals surface area contributed by atoms with E-state index in [0.717, 1.165) is 38.9 Å². The van der Waals surface area contributed by atoms with E-state index in [2.05, 4.69) is 29.0 Å². The van der Waals surface area contributed by atoms with Crippen molar-refractivity contribution in [3.63, 3.8) is 0 Å². The molecule has 0 aliphatic carbocycles. The number of hydrogen-bond donors (Lipinski definition) is 1. The van der Waals surface area contributed by atoms with Crippen molar-refractivity contribution in [2.75, 3.05) is 7.11 Å². The van der Waals surface area contributed by atoms with Gasteiger partial charge in [-0.05, 0) is 23.7 Å². The van der Waals surface area contributed by atoms with Gasteiger partial charge in [0.05, 0.1) is 30.7 Å². The predicted octanol–water partition coefficient (Wildman–Crippen LogP) is 1.38. The van der Waals surface area contributed by atoms with Gasteiger partial charge in [-0.15, -0.1) is 0 Å². The lowest BCUT2D eigenvalue weighted by molar-refractivity contribution is 0.418. The highest BCUT2D eigenvalue weighted by Gasteiger charge is 2.12. The monoisotopic (exact) mass is 290 g/mol. The zero-order valence-corrected chi connectivity index (χ0v) is 12.7. The normalized spacial score (nSPS) is 11.4. The second-order valence-electron chi connectivity index (χ2n) is 5.46. The molecule has 3 aromatic heterocycles. The molecule has 0 atom stereocenters. The maximum Gasteiger partial charge on any atom is 0.145 e. The summed E-state index contributed by atoms with van der Waals surface area (Å²) in [6.45, 7) is 0. The van der Waals surface area contributed by atoms with Crippen molar-refractivity contribution in [3.05, 3.63) is 36.8 Å². The number of nitrogens with one attached hydrogen (secondary N) is 1. The van der Waals surface area contributed by atoms with Gasteiger partial charge in [0.25, 0.3) is 0 Å². The second kappa shape index (κ2) is 4.63. The number of ether oxygens (including phenoxy) is 1. The lowest BCUT2D eigenvalue weighted by Gasteiger charge is -2.06. The Morgan fingerprint density at radius 1 is 1.23 bits per heavy atom. The largest absolute Gasteiger partial charge is 0.497 e. The summed E-state index contributed by atoms with van der Waals surface area (Å²) in [6, 6.07) is 6.14. The third-order valence-corrected chi connectivity index (χ3v) is 4.08. The molecule has 0 spiro atoms. The fourth-order valence-corrected chi connectivity index (χ4v) is 2.98. The Morgan fingerprint density at radius 2 is 2.09 bits per heavy atom. The van der Waals surface area contributed by atoms with Crippen LogP contribution in [-0.4, -0.2) is 34.7 Å². The maximum atomic E-state index is 5.45. The number of aryl methyl sites for hydroxylation is 1. The van der Waals surface area contributed by atoms with E-state index in [1.165, 1.54) is 5.39 Å². The van der Waals surface area contributed by atoms with Crippen molar-refractivity contribution in [1.82, 2.24) is 19.7 Å². The lowest BCUT2D eigenvalue weighted by atomic mass is 9.89. The van der Waals surface area contributed by atoms with Crippen LogP contribution in [0, 0.1) is 0 Å². The summed E-state index contributed by atoms with van der Waals surface area (Å²) in [4.78, 5) is 7.96. The molecule has 108 valence electrons. The fourth-order valence-electron chi connectivity index (χ4n) is 2.98. The molecule has 1 N–H and O–H groups in total. The molecule has 22 heavy (non-hydrogen) atoms. The molecule has 1 aromatic carbocycles. The minimum Gasteiger partial charge on any atom is -0.497 e. The van der Waals surface area contributed by atoms with Gasteiger partial charge in [0.2, 0.25) is 0 Å². The van der Waals surface area contributed by atoms with E-state index in [1.54, 1.807) is 11.8 Å². The number of rotatable bonds is 2. The topological polar surface area (TPSA) is 55.7 Å². The van der Waals surface area contributed by atoms with Crippen molar-refractivity contribution in [1.29, 1.82) is 0 Å². The van der Waals surface area contributed by atoms with Crippen LogP contribution in [-0.2, 0) is 7.05 Å². The van der Waals surface area contributed by atoms with Crippen molar-refractivity contribution >= 4 is 35.1 Å². The smallest absolute Gasteiger partial charge is 0.145 e. The molecule has 6 heteroatoms. The second-order valence-corrected chi connectivity index (χ2v) is 5.46. The number of aromatic amines is 1. The van der Waals surface area contributed by atoms with E-state index in [9.17, 15) is 0 Å². The van der Waals surface area contributed by atoms with E-state index >= 15 is 0 Å². The average Bonchev–Trinajstić information content (AvgIpc) is 3.10. The lowest BCUT2D eigenvalue weighted by Crippen LogP contribution is -2.07. The Kier molecular flexibility index (Phi) is 2.72. The summed E-state index contributed by atoms with van der Waals surface area (Å²) < 4.78 is 7.23. The molecule has 0 aliphatic rings. The first-order chi connectivity index (χ1) is 10.7. The Hall–Kier alpha value is -2.76. The van der Waals surface area contributed by atoms with Crippen molar-refractivity contribution in [2.24, 2.45) is 7.05 Å². The van der Waals surface area contributed by atoms with Gasteiger partial charge in [0.1, 0.15) is 13.6 Å². The molecule has 0 bridgehead atoms. The fraction of sp³-hybridized carbons (Fsp3) is 0.125. The summed E-state index contributed by atoms with van der Waals surface area (Å²) in [5, 5.41) is 6.55. The number of hydrogen-bond acceptors (Lipinski definition) is 3. The van der Waals surface area contributed by atoms with Gasteiger partial charge < -0.3 is 9.72 Å². The Morgan fingerprint density at radius 3 is 2.82 bits per heavy atom. The maximum absolute atomic E-state index is 5.45. The Labute approximate surface area is 128 Å². The van der Waals surface area contributed by atoms with Gasteiger partial charge >= 0.3 is 0 Å². The summed E-state index contributed by atoms with van der Waals surface area (Å²) in [5.74, 6) is 0.896. The van der Waals surface area contributed by atoms with Gasteiger partial charge in [0.15, 0.2) is 0 Å². The molecular weight excluding hydrogens is 275 g/mol. The van der Waals surface area contributed by atoms with Crippen LogP contribution >= 0.6 is 0 Å². The van der Waals surface area contributed by atoms with Gasteiger partial charge in [-0.3, -0.25) is 9.67 Å². The first-order valence-corrected chi connectivity index (χ1v) is 7.11. The van der Waals surface area contributed by atoms with Crippen molar-refractivity contribution in [2.45, 2.75) is 0 Å². The molecule has 4 rings (SSSR count). The van der Waals surface area contributed by atoms with E-state index in [1.807, 2.05) is 37.8 Å². The molecule has 0 aliphatic heterocycles. The molecule has 5 nitrogen and oxygen atoms in total. The molecule has 0 unspecified atom stereocenters. The Bertz CT molecular complexity index is 1000. The third kappa shape index (κ3) is 1.80. The number of aromatic nitrogens is 4. The van der Waals surface area contributed by atoms with Crippen LogP contribution in [0.3, 0.4) is 0 Å². The van der Waals surface area contributed by atoms with Crippen LogP contribution in [0.5, 0.6) is 5.75 Å². The zero-order chi connectivity index (χ0) is 15.3. The first kappa shape index (κ1) is 12.9. The number of benzene rings is 1. The zero-order valence-electron chi connectivity index (χ0n) is 12.7. The quantitative estimate of drug-likeness (QED) is 0.567. The van der Waals surface area contributed by atoms with Crippen LogP contribution in [0.2, 0.25) is 0 Å². The number of H-pyrrole nitrogens is 1. The van der Waals surface area contributed by atoms with Crippen LogP contribution < -0.4 is 10.2 Å². The standard InChI is InChI=1S/C16H15BN4O/c1-21-8-9(6-19-21)12-5-10-13(7-18-12)20-11-3-4-14(22-2)16(17)15(10)11/h3-8,20H,17H2,1-2H3. The number of methoxy groups -OCH3 is 1. The highest BCUT2D eigenvalue weighted by molar-refractivity contribution is 6.43. The van der Waals surface area contributed by atoms with E-state index in [4.69, 9.17) is 4.74 Å². The molecule has 0 saturated carbocycles. The Balaban J connectivity index is 2.03. The molecule has 0 amide bonds. The van der Waals surface area contributed by atoms with Gasteiger partial charge in [-0.1, -0.05) is 0 Å². The molecule has 0 saturated heterocycles. The molecule has 0 fully saturated rings. The number of fused-ring (bicyclic) bond motifs is 3. The van der Waals surface area contributed by atoms with Crippen LogP contribution in [0.25, 0.3) is 33.1 Å². The molecule has 3 heterocycles. The third-order valence-electron chi connectivity index (χ3n) is 4.08. The minimum absolute atomic E-state index is 0.896. The van der Waals surface area contributed by atoms with Crippen molar-refractivity contribution in [3.8, 4) is 17.0 Å². The molecular formula is C16H15BN4O. The minimum atomic E-state index is 0.896. The SMILES string of the molecule is Bc1c(OC)ccc2[nH]c3cnc(-c4cnn(C)c4)cc3c12. The summed E-state index contributed by atoms with van der Waals surface area (Å²) in [6.07, 6.45) is 5.68. The van der Waals surface area contributed by atoms with Gasteiger partial charge in [-0.2, -0.15) is 5.10 Å².